The minimum absolute atomic E-state index is 0.00333. The molecular formula is C9H9NO3. The number of aliphatic carboxylic acids is 1. The molecule has 68 valence electrons. The molecule has 2 aliphatic rings. The van der Waals surface area contributed by atoms with Crippen molar-refractivity contribution in [2.24, 2.45) is 4.99 Å². The number of ether oxygens (including phenoxy) is 1. The molecule has 2 unspecified atom stereocenters. The number of carbonyl (C=O) groups is 1. The highest BCUT2D eigenvalue weighted by atomic mass is 16.6. The third-order valence-electron chi connectivity index (χ3n) is 2.28. The van der Waals surface area contributed by atoms with Crippen molar-refractivity contribution in [1.82, 2.24) is 0 Å². The second-order valence-corrected chi connectivity index (χ2v) is 3.16. The third kappa shape index (κ3) is 1.29. The summed E-state index contributed by atoms with van der Waals surface area (Å²) in [6.07, 6.45) is 5.20. The molecule has 0 radical (unpaired) electrons. The molecule has 1 saturated heterocycles. The highest BCUT2D eigenvalue weighted by Crippen LogP contribution is 2.49. The maximum Gasteiger partial charge on any atom is 0.328 e. The van der Waals surface area contributed by atoms with Crippen LogP contribution in [-0.4, -0.2) is 29.5 Å². The van der Waals surface area contributed by atoms with Crippen LogP contribution >= 0.6 is 0 Å². The molecule has 2 rings (SSSR count). The predicted octanol–water partition coefficient (Wildman–Crippen LogP) is 0.753. The summed E-state index contributed by atoms with van der Waals surface area (Å²) in [7, 11) is 0. The van der Waals surface area contributed by atoms with Crippen LogP contribution in [0.5, 0.6) is 0 Å². The van der Waals surface area contributed by atoms with Crippen molar-refractivity contribution in [3.05, 3.63) is 23.9 Å². The van der Waals surface area contributed by atoms with Gasteiger partial charge < -0.3 is 9.84 Å². The van der Waals surface area contributed by atoms with E-state index in [1.807, 2.05) is 6.08 Å². The maximum absolute atomic E-state index is 10.3. The van der Waals surface area contributed by atoms with Gasteiger partial charge in [-0.25, -0.2) is 4.79 Å². The Bertz CT molecular complexity index is 332. The summed E-state index contributed by atoms with van der Waals surface area (Å²) >= 11 is 0. The first-order valence-electron chi connectivity index (χ1n) is 3.94. The summed E-state index contributed by atoms with van der Waals surface area (Å²) in [5.74, 6) is -0.955. The quantitative estimate of drug-likeness (QED) is 0.395. The number of rotatable bonds is 3. The van der Waals surface area contributed by atoms with E-state index in [4.69, 9.17) is 9.84 Å². The van der Waals surface area contributed by atoms with Gasteiger partial charge in [-0.15, -0.1) is 0 Å². The van der Waals surface area contributed by atoms with Gasteiger partial charge in [-0.2, -0.15) is 0 Å². The minimum Gasteiger partial charge on any atom is -0.478 e. The second kappa shape index (κ2) is 2.53. The molecule has 1 fully saturated rings. The number of fused-ring (bicyclic) bond motifs is 1. The molecule has 1 N–H and O–H groups in total. The van der Waals surface area contributed by atoms with Gasteiger partial charge >= 0.3 is 5.97 Å². The topological polar surface area (TPSA) is 62.2 Å². The van der Waals surface area contributed by atoms with Crippen LogP contribution in [-0.2, 0) is 9.53 Å². The van der Waals surface area contributed by atoms with Crippen LogP contribution in [0.3, 0.4) is 0 Å². The first kappa shape index (κ1) is 8.19. The van der Waals surface area contributed by atoms with Crippen LogP contribution in [0.1, 0.15) is 6.42 Å². The normalized spacial score (nSPS) is 35.7. The fourth-order valence-corrected chi connectivity index (χ4v) is 1.55. The smallest absolute Gasteiger partial charge is 0.328 e. The van der Waals surface area contributed by atoms with Crippen molar-refractivity contribution in [2.45, 2.75) is 18.1 Å². The van der Waals surface area contributed by atoms with E-state index in [1.165, 1.54) is 0 Å². The van der Waals surface area contributed by atoms with E-state index in [-0.39, 0.29) is 6.10 Å². The number of hydrogen-bond acceptors (Lipinski definition) is 3. The molecule has 4 nitrogen and oxygen atoms in total. The standard InChI is InChI=1S/C9H9NO3/c1-10-6-4-7-9(5-6,13-7)3-2-8(11)12/h2-4,7H,1,5H2,(H,11,12). The lowest BCUT2D eigenvalue weighted by molar-refractivity contribution is -0.131. The van der Waals surface area contributed by atoms with Gasteiger partial charge in [-0.05, 0) is 18.9 Å². The second-order valence-electron chi connectivity index (χ2n) is 3.16. The van der Waals surface area contributed by atoms with Gasteiger partial charge in [-0.1, -0.05) is 0 Å². The fraction of sp³-hybridized carbons (Fsp3) is 0.333. The number of hydrogen-bond donors (Lipinski definition) is 1. The van der Waals surface area contributed by atoms with Crippen LogP contribution in [0.4, 0.5) is 0 Å². The summed E-state index contributed by atoms with van der Waals surface area (Å²) in [5.41, 5.74) is 0.459. The number of aliphatic imine (C=N–C) groups is 1. The molecule has 1 aliphatic carbocycles. The Morgan fingerprint density at radius 1 is 1.92 bits per heavy atom. The Morgan fingerprint density at radius 3 is 3.23 bits per heavy atom. The summed E-state index contributed by atoms with van der Waals surface area (Å²) in [6, 6.07) is 0. The first-order chi connectivity index (χ1) is 6.16. The zero-order valence-corrected chi connectivity index (χ0v) is 6.93. The summed E-state index contributed by atoms with van der Waals surface area (Å²) in [4.78, 5) is 14.1. The number of carboxylic acid groups (broad SMARTS) is 1. The first-order valence-corrected chi connectivity index (χ1v) is 3.94. The molecule has 0 bridgehead atoms. The van der Waals surface area contributed by atoms with Crippen molar-refractivity contribution < 1.29 is 14.6 Å². The fourth-order valence-electron chi connectivity index (χ4n) is 1.55. The van der Waals surface area contributed by atoms with Gasteiger partial charge in [0.15, 0.2) is 0 Å². The van der Waals surface area contributed by atoms with Gasteiger partial charge in [0, 0.05) is 18.2 Å². The van der Waals surface area contributed by atoms with Gasteiger partial charge in [-0.3, -0.25) is 4.99 Å². The molecule has 0 aromatic carbocycles. The maximum atomic E-state index is 10.3. The Labute approximate surface area is 75.2 Å². The molecule has 0 aromatic heterocycles. The summed E-state index contributed by atoms with van der Waals surface area (Å²) in [6.45, 7) is 3.41. The number of epoxide rings is 1. The largest absolute Gasteiger partial charge is 0.478 e. The van der Waals surface area contributed by atoms with E-state index in [9.17, 15) is 4.79 Å². The highest BCUT2D eigenvalue weighted by Gasteiger charge is 2.57. The Balaban J connectivity index is 2.06. The lowest BCUT2D eigenvalue weighted by Crippen LogP contribution is -2.07. The Hall–Kier alpha value is -1.42. The zero-order chi connectivity index (χ0) is 9.47. The van der Waals surface area contributed by atoms with Crippen LogP contribution < -0.4 is 0 Å². The molecule has 0 saturated carbocycles. The average Bonchev–Trinajstić information content (AvgIpc) is 2.66. The number of nitrogens with zero attached hydrogens (tertiary/aromatic N) is 1. The molecular weight excluding hydrogens is 170 g/mol. The van der Waals surface area contributed by atoms with Crippen molar-refractivity contribution >= 4 is 12.7 Å². The van der Waals surface area contributed by atoms with Gasteiger partial charge in [0.05, 0.1) is 0 Å². The van der Waals surface area contributed by atoms with Gasteiger partial charge in [0.1, 0.15) is 11.7 Å². The van der Waals surface area contributed by atoms with E-state index in [0.29, 0.717) is 6.42 Å². The number of carboxylic acids is 1. The monoisotopic (exact) mass is 179 g/mol. The van der Waals surface area contributed by atoms with Crippen LogP contribution in [0.25, 0.3) is 0 Å². The van der Waals surface area contributed by atoms with Crippen molar-refractivity contribution in [3.63, 3.8) is 0 Å². The minimum atomic E-state index is -0.955. The molecule has 0 amide bonds. The van der Waals surface area contributed by atoms with E-state index in [0.717, 1.165) is 11.8 Å². The Morgan fingerprint density at radius 2 is 2.69 bits per heavy atom. The van der Waals surface area contributed by atoms with Gasteiger partial charge in [0.25, 0.3) is 0 Å². The molecule has 4 heteroatoms. The highest BCUT2D eigenvalue weighted by molar-refractivity contribution is 5.80. The van der Waals surface area contributed by atoms with E-state index in [1.54, 1.807) is 6.08 Å². The van der Waals surface area contributed by atoms with E-state index < -0.39 is 11.6 Å². The van der Waals surface area contributed by atoms with Crippen molar-refractivity contribution in [2.75, 3.05) is 0 Å². The predicted molar refractivity (Wildman–Crippen MR) is 46.6 cm³/mol. The zero-order valence-electron chi connectivity index (χ0n) is 6.93. The molecule has 0 spiro atoms. The average molecular weight is 179 g/mol. The lowest BCUT2D eigenvalue weighted by Gasteiger charge is -2.01. The molecule has 13 heavy (non-hydrogen) atoms. The van der Waals surface area contributed by atoms with Gasteiger partial charge in [0.2, 0.25) is 0 Å². The van der Waals surface area contributed by atoms with Crippen LogP contribution in [0.2, 0.25) is 0 Å². The summed E-state index contributed by atoms with van der Waals surface area (Å²) in [5, 5.41) is 8.43. The van der Waals surface area contributed by atoms with E-state index >= 15 is 0 Å². The Kier molecular flexibility index (Phi) is 1.60. The molecule has 1 heterocycles. The molecule has 2 atom stereocenters. The van der Waals surface area contributed by atoms with Crippen LogP contribution in [0.15, 0.2) is 28.9 Å². The van der Waals surface area contributed by atoms with Crippen molar-refractivity contribution in [3.8, 4) is 0 Å². The SMILES string of the molecule is C=NC1=CC2OC2(C=CC(=O)O)C1. The van der Waals surface area contributed by atoms with Crippen molar-refractivity contribution in [1.29, 1.82) is 0 Å². The molecule has 1 aliphatic heterocycles. The van der Waals surface area contributed by atoms with E-state index in [2.05, 4.69) is 11.7 Å². The summed E-state index contributed by atoms with van der Waals surface area (Å²) < 4.78 is 5.31. The third-order valence-corrected chi connectivity index (χ3v) is 2.28. The lowest BCUT2D eigenvalue weighted by atomic mass is 10.1. The molecule has 0 aromatic rings. The van der Waals surface area contributed by atoms with Crippen LogP contribution in [0, 0.1) is 0 Å².